The third-order valence-electron chi connectivity index (χ3n) is 3.33. The van der Waals surface area contributed by atoms with Crippen LogP contribution in [0.5, 0.6) is 5.88 Å². The molecule has 0 N–H and O–H groups in total. The molecule has 1 aliphatic rings. The third kappa shape index (κ3) is 3.18. The number of likely N-dealkylation sites (tertiary alicyclic amines) is 1. The SMILES string of the molecule is Cc1ccc(OC2CCN(C(=O)c3csc(C)n3)C2)nn1. The Bertz CT molecular complexity index is 641. The zero-order valence-electron chi connectivity index (χ0n) is 11.9. The van der Waals surface area contributed by atoms with Gasteiger partial charge in [-0.3, -0.25) is 4.79 Å². The minimum Gasteiger partial charge on any atom is -0.471 e. The van der Waals surface area contributed by atoms with Crippen molar-refractivity contribution in [3.05, 3.63) is 33.9 Å². The maximum absolute atomic E-state index is 12.3. The van der Waals surface area contributed by atoms with Gasteiger partial charge in [0.05, 0.1) is 17.2 Å². The highest BCUT2D eigenvalue weighted by Crippen LogP contribution is 2.19. The normalized spacial score (nSPS) is 18.0. The Morgan fingerprint density at radius 3 is 2.90 bits per heavy atom. The van der Waals surface area contributed by atoms with Crippen LogP contribution in [0.3, 0.4) is 0 Å². The second kappa shape index (κ2) is 5.77. The first-order valence-corrected chi connectivity index (χ1v) is 7.68. The van der Waals surface area contributed by atoms with Crippen LogP contribution in [0.4, 0.5) is 0 Å². The highest BCUT2D eigenvalue weighted by molar-refractivity contribution is 7.09. The predicted octanol–water partition coefficient (Wildman–Crippen LogP) is 1.84. The average molecular weight is 304 g/mol. The van der Waals surface area contributed by atoms with Crippen LogP contribution < -0.4 is 4.74 Å². The summed E-state index contributed by atoms with van der Waals surface area (Å²) in [6.45, 7) is 5.01. The van der Waals surface area contributed by atoms with E-state index in [1.54, 1.807) is 16.3 Å². The van der Waals surface area contributed by atoms with Gasteiger partial charge in [0.25, 0.3) is 5.91 Å². The van der Waals surface area contributed by atoms with Crippen LogP contribution in [0.15, 0.2) is 17.5 Å². The molecule has 2 aromatic rings. The fourth-order valence-corrected chi connectivity index (χ4v) is 2.84. The van der Waals surface area contributed by atoms with E-state index in [1.165, 1.54) is 11.3 Å². The molecule has 1 saturated heterocycles. The molecule has 1 amide bonds. The number of thiazole rings is 1. The van der Waals surface area contributed by atoms with Gasteiger partial charge in [0.2, 0.25) is 5.88 Å². The molecule has 21 heavy (non-hydrogen) atoms. The Morgan fingerprint density at radius 1 is 1.38 bits per heavy atom. The summed E-state index contributed by atoms with van der Waals surface area (Å²) in [5.74, 6) is 0.477. The van der Waals surface area contributed by atoms with Crippen molar-refractivity contribution < 1.29 is 9.53 Å². The second-order valence-corrected chi connectivity index (χ2v) is 6.11. The smallest absolute Gasteiger partial charge is 0.273 e. The molecule has 0 aliphatic carbocycles. The van der Waals surface area contributed by atoms with Gasteiger partial charge in [0.15, 0.2) is 0 Å². The van der Waals surface area contributed by atoms with Crippen molar-refractivity contribution in [2.45, 2.75) is 26.4 Å². The number of aryl methyl sites for hydroxylation is 2. The van der Waals surface area contributed by atoms with Crippen molar-refractivity contribution in [1.29, 1.82) is 0 Å². The van der Waals surface area contributed by atoms with Crippen molar-refractivity contribution in [2.24, 2.45) is 0 Å². The summed E-state index contributed by atoms with van der Waals surface area (Å²) < 4.78 is 5.77. The average Bonchev–Trinajstić information content (AvgIpc) is 3.10. The Hall–Kier alpha value is -2.02. The molecule has 1 fully saturated rings. The molecule has 1 unspecified atom stereocenters. The number of ether oxygens (including phenoxy) is 1. The van der Waals surface area contributed by atoms with Crippen LogP contribution in [0.25, 0.3) is 0 Å². The largest absolute Gasteiger partial charge is 0.471 e. The molecule has 6 nitrogen and oxygen atoms in total. The van der Waals surface area contributed by atoms with Gasteiger partial charge in [-0.1, -0.05) is 0 Å². The first-order valence-electron chi connectivity index (χ1n) is 6.80. The lowest BCUT2D eigenvalue weighted by molar-refractivity contribution is 0.0766. The van der Waals surface area contributed by atoms with Gasteiger partial charge in [0, 0.05) is 24.4 Å². The predicted molar refractivity (Wildman–Crippen MR) is 78.6 cm³/mol. The maximum Gasteiger partial charge on any atom is 0.273 e. The first kappa shape index (κ1) is 13.9. The Morgan fingerprint density at radius 2 is 2.24 bits per heavy atom. The molecule has 0 spiro atoms. The second-order valence-electron chi connectivity index (χ2n) is 5.04. The molecule has 3 rings (SSSR count). The van der Waals surface area contributed by atoms with Crippen molar-refractivity contribution in [1.82, 2.24) is 20.1 Å². The lowest BCUT2D eigenvalue weighted by atomic mass is 10.3. The van der Waals surface area contributed by atoms with Gasteiger partial charge in [-0.05, 0) is 19.9 Å². The monoisotopic (exact) mass is 304 g/mol. The van der Waals surface area contributed by atoms with E-state index in [0.29, 0.717) is 24.7 Å². The molecule has 0 aromatic carbocycles. The number of nitrogens with zero attached hydrogens (tertiary/aromatic N) is 4. The molecule has 0 saturated carbocycles. The molecule has 0 radical (unpaired) electrons. The van der Waals surface area contributed by atoms with Crippen LogP contribution in [-0.4, -0.2) is 45.2 Å². The van der Waals surface area contributed by atoms with E-state index in [2.05, 4.69) is 15.2 Å². The fraction of sp³-hybridized carbons (Fsp3) is 0.429. The number of carbonyl (C=O) groups excluding carboxylic acids is 1. The van der Waals surface area contributed by atoms with E-state index < -0.39 is 0 Å². The standard InChI is InChI=1S/C14H16N4O2S/c1-9-3-4-13(17-16-9)20-11-5-6-18(7-11)14(19)12-8-21-10(2)15-12/h3-4,8,11H,5-7H2,1-2H3. The minimum absolute atomic E-state index is 0.0274. The Labute approximate surface area is 126 Å². The zero-order valence-corrected chi connectivity index (χ0v) is 12.8. The molecule has 7 heteroatoms. The molecule has 110 valence electrons. The van der Waals surface area contributed by atoms with Gasteiger partial charge in [-0.25, -0.2) is 4.98 Å². The van der Waals surface area contributed by atoms with Gasteiger partial charge < -0.3 is 9.64 Å². The molecular formula is C14H16N4O2S. The summed E-state index contributed by atoms with van der Waals surface area (Å²) in [6, 6.07) is 3.66. The van der Waals surface area contributed by atoms with Crippen LogP contribution in [0, 0.1) is 13.8 Å². The van der Waals surface area contributed by atoms with E-state index in [9.17, 15) is 4.79 Å². The van der Waals surface area contributed by atoms with Crippen molar-refractivity contribution in [3.63, 3.8) is 0 Å². The summed E-state index contributed by atoms with van der Waals surface area (Å²) >= 11 is 1.49. The Kier molecular flexibility index (Phi) is 3.83. The summed E-state index contributed by atoms with van der Waals surface area (Å²) in [4.78, 5) is 18.3. The maximum atomic E-state index is 12.3. The number of hydrogen-bond donors (Lipinski definition) is 0. The topological polar surface area (TPSA) is 68.2 Å². The van der Waals surface area contributed by atoms with E-state index in [1.807, 2.05) is 19.9 Å². The van der Waals surface area contributed by atoms with Crippen LogP contribution in [-0.2, 0) is 0 Å². The van der Waals surface area contributed by atoms with Gasteiger partial charge >= 0.3 is 0 Å². The molecular weight excluding hydrogens is 288 g/mol. The lowest BCUT2D eigenvalue weighted by Crippen LogP contribution is -2.31. The molecule has 0 bridgehead atoms. The summed E-state index contributed by atoms with van der Waals surface area (Å²) in [6.07, 6.45) is 0.760. The molecule has 1 aliphatic heterocycles. The highest BCUT2D eigenvalue weighted by Gasteiger charge is 2.29. The van der Waals surface area contributed by atoms with E-state index >= 15 is 0 Å². The van der Waals surface area contributed by atoms with Crippen LogP contribution in [0.2, 0.25) is 0 Å². The summed E-state index contributed by atoms with van der Waals surface area (Å²) in [7, 11) is 0. The van der Waals surface area contributed by atoms with Crippen LogP contribution >= 0.6 is 11.3 Å². The van der Waals surface area contributed by atoms with Crippen LogP contribution in [0.1, 0.15) is 27.6 Å². The third-order valence-corrected chi connectivity index (χ3v) is 4.10. The van der Waals surface area contributed by atoms with E-state index in [4.69, 9.17) is 4.74 Å². The molecule has 2 aromatic heterocycles. The van der Waals surface area contributed by atoms with Crippen molar-refractivity contribution in [3.8, 4) is 5.88 Å². The van der Waals surface area contributed by atoms with Gasteiger partial charge in [0.1, 0.15) is 11.8 Å². The number of amides is 1. The molecule has 3 heterocycles. The zero-order chi connectivity index (χ0) is 14.8. The lowest BCUT2D eigenvalue weighted by Gasteiger charge is -2.15. The number of hydrogen-bond acceptors (Lipinski definition) is 6. The minimum atomic E-state index is -0.0364. The number of carbonyl (C=O) groups is 1. The fourth-order valence-electron chi connectivity index (χ4n) is 2.25. The van der Waals surface area contributed by atoms with Crippen molar-refractivity contribution in [2.75, 3.05) is 13.1 Å². The van der Waals surface area contributed by atoms with Gasteiger partial charge in [-0.2, -0.15) is 5.10 Å². The van der Waals surface area contributed by atoms with Gasteiger partial charge in [-0.15, -0.1) is 16.4 Å². The van der Waals surface area contributed by atoms with Crippen molar-refractivity contribution >= 4 is 17.2 Å². The first-order chi connectivity index (χ1) is 10.1. The number of aromatic nitrogens is 3. The summed E-state index contributed by atoms with van der Waals surface area (Å²) in [5.41, 5.74) is 1.37. The summed E-state index contributed by atoms with van der Waals surface area (Å²) in [5, 5.41) is 10.7. The quantitative estimate of drug-likeness (QED) is 0.865. The number of rotatable bonds is 3. The van der Waals surface area contributed by atoms with E-state index in [-0.39, 0.29) is 12.0 Å². The molecule has 1 atom stereocenters. The Balaban J connectivity index is 1.60. The van der Waals surface area contributed by atoms with E-state index in [0.717, 1.165) is 17.1 Å². The highest BCUT2D eigenvalue weighted by atomic mass is 32.1.